The van der Waals surface area contributed by atoms with Crippen LogP contribution in [0.2, 0.25) is 0 Å². The first kappa shape index (κ1) is 20.0. The van der Waals surface area contributed by atoms with E-state index in [1.807, 2.05) is 39.5 Å². The predicted octanol–water partition coefficient (Wildman–Crippen LogP) is 2.31. The van der Waals surface area contributed by atoms with Crippen LogP contribution in [-0.2, 0) is 4.79 Å². The summed E-state index contributed by atoms with van der Waals surface area (Å²) in [5, 5.41) is 5.47. The van der Waals surface area contributed by atoms with E-state index in [0.29, 0.717) is 42.6 Å². The lowest BCUT2D eigenvalue weighted by atomic mass is 9.94. The summed E-state index contributed by atoms with van der Waals surface area (Å²) in [5.74, 6) is -0.106. The molecule has 0 saturated carbocycles. The van der Waals surface area contributed by atoms with Gasteiger partial charge in [-0.05, 0) is 19.9 Å². The first-order valence-electron chi connectivity index (χ1n) is 9.71. The van der Waals surface area contributed by atoms with Crippen LogP contribution in [0.15, 0.2) is 29.1 Å². The molecule has 1 saturated heterocycles. The summed E-state index contributed by atoms with van der Waals surface area (Å²) >= 11 is 0. The summed E-state index contributed by atoms with van der Waals surface area (Å²) in [4.78, 5) is 41.9. The molecule has 7 heteroatoms. The Morgan fingerprint density at radius 3 is 2.04 bits per heavy atom. The maximum atomic E-state index is 13.2. The number of rotatable bonds is 2. The van der Waals surface area contributed by atoms with Crippen LogP contribution in [0.5, 0.6) is 0 Å². The molecule has 7 nitrogen and oxygen atoms in total. The smallest absolute Gasteiger partial charge is 0.275 e. The van der Waals surface area contributed by atoms with Crippen LogP contribution in [0.25, 0.3) is 10.8 Å². The average Bonchev–Trinajstić information content (AvgIpc) is 2.66. The van der Waals surface area contributed by atoms with E-state index >= 15 is 0 Å². The lowest BCUT2D eigenvalue weighted by molar-refractivity contribution is -0.140. The van der Waals surface area contributed by atoms with E-state index in [-0.39, 0.29) is 23.4 Å². The fourth-order valence-electron chi connectivity index (χ4n) is 3.45. The molecule has 0 N–H and O–H groups in total. The van der Waals surface area contributed by atoms with Crippen molar-refractivity contribution in [3.63, 3.8) is 0 Å². The molecule has 0 unspecified atom stereocenters. The molecule has 0 bridgehead atoms. The fraction of sp³-hybridized carbons (Fsp3) is 0.524. The molecule has 2 aromatic rings. The Balaban J connectivity index is 1.90. The van der Waals surface area contributed by atoms with E-state index in [4.69, 9.17) is 0 Å². The zero-order valence-corrected chi connectivity index (χ0v) is 17.2. The number of nitrogens with zero attached hydrogens (tertiary/aromatic N) is 4. The molecular formula is C21H28N4O3. The molecule has 1 aliphatic heterocycles. The third-order valence-electron chi connectivity index (χ3n) is 5.02. The van der Waals surface area contributed by atoms with Gasteiger partial charge in [0.2, 0.25) is 5.91 Å². The van der Waals surface area contributed by atoms with Crippen LogP contribution in [0.4, 0.5) is 0 Å². The monoisotopic (exact) mass is 384 g/mol. The predicted molar refractivity (Wildman–Crippen MR) is 108 cm³/mol. The Morgan fingerprint density at radius 1 is 0.964 bits per heavy atom. The summed E-state index contributed by atoms with van der Waals surface area (Å²) in [6.07, 6.45) is 0. The Labute approximate surface area is 164 Å². The average molecular weight is 384 g/mol. The number of piperazine rings is 1. The van der Waals surface area contributed by atoms with Gasteiger partial charge in [-0.1, -0.05) is 39.0 Å². The van der Waals surface area contributed by atoms with Crippen molar-refractivity contribution >= 4 is 22.6 Å². The van der Waals surface area contributed by atoms with Gasteiger partial charge in [-0.15, -0.1) is 0 Å². The number of aromatic nitrogens is 2. The van der Waals surface area contributed by atoms with E-state index in [9.17, 15) is 14.4 Å². The fourth-order valence-corrected chi connectivity index (χ4v) is 3.45. The van der Waals surface area contributed by atoms with Gasteiger partial charge < -0.3 is 9.80 Å². The first-order chi connectivity index (χ1) is 13.1. The van der Waals surface area contributed by atoms with Gasteiger partial charge in [0.05, 0.1) is 11.4 Å². The topological polar surface area (TPSA) is 75.5 Å². The van der Waals surface area contributed by atoms with Gasteiger partial charge in [0.25, 0.3) is 11.5 Å². The molecule has 1 fully saturated rings. The summed E-state index contributed by atoms with van der Waals surface area (Å²) in [6, 6.07) is 6.94. The van der Waals surface area contributed by atoms with Gasteiger partial charge in [-0.25, -0.2) is 4.68 Å². The standard InChI is InChI=1S/C21H28N4O3/c1-14(2)25-18(26)16-9-7-6-8-15(16)17(22-25)19(27)23-10-12-24(13-11-23)20(28)21(3,4)5/h6-9,14H,10-13H2,1-5H3. The van der Waals surface area contributed by atoms with Crippen molar-refractivity contribution in [1.29, 1.82) is 0 Å². The minimum absolute atomic E-state index is 0.0940. The van der Waals surface area contributed by atoms with E-state index in [0.717, 1.165) is 0 Å². The van der Waals surface area contributed by atoms with Crippen molar-refractivity contribution in [2.75, 3.05) is 26.2 Å². The molecule has 2 heterocycles. The summed E-state index contributed by atoms with van der Waals surface area (Å²) in [6.45, 7) is 11.4. The molecule has 0 spiro atoms. The lowest BCUT2D eigenvalue weighted by Crippen LogP contribution is -2.53. The van der Waals surface area contributed by atoms with Crippen LogP contribution in [0.3, 0.4) is 0 Å². The second-order valence-corrected chi connectivity index (χ2v) is 8.57. The van der Waals surface area contributed by atoms with Crippen molar-refractivity contribution in [1.82, 2.24) is 19.6 Å². The van der Waals surface area contributed by atoms with Crippen molar-refractivity contribution in [3.05, 3.63) is 40.3 Å². The van der Waals surface area contributed by atoms with E-state index in [1.54, 1.807) is 29.2 Å². The van der Waals surface area contributed by atoms with Crippen molar-refractivity contribution < 1.29 is 9.59 Å². The van der Waals surface area contributed by atoms with Gasteiger partial charge in [-0.2, -0.15) is 5.10 Å². The van der Waals surface area contributed by atoms with Gasteiger partial charge in [0, 0.05) is 37.0 Å². The Kier molecular flexibility index (Phi) is 5.28. The quantitative estimate of drug-likeness (QED) is 0.796. The lowest BCUT2D eigenvalue weighted by Gasteiger charge is -2.37. The van der Waals surface area contributed by atoms with E-state index < -0.39 is 5.41 Å². The Bertz CT molecular complexity index is 964. The number of hydrogen-bond donors (Lipinski definition) is 0. The van der Waals surface area contributed by atoms with Crippen molar-refractivity contribution in [3.8, 4) is 0 Å². The molecule has 28 heavy (non-hydrogen) atoms. The molecule has 0 aliphatic carbocycles. The van der Waals surface area contributed by atoms with Crippen LogP contribution < -0.4 is 5.56 Å². The number of carbonyl (C=O) groups is 2. The van der Waals surface area contributed by atoms with Crippen molar-refractivity contribution in [2.24, 2.45) is 5.41 Å². The molecule has 1 aromatic carbocycles. The second-order valence-electron chi connectivity index (χ2n) is 8.57. The normalized spacial score (nSPS) is 15.4. The molecule has 0 atom stereocenters. The Hall–Kier alpha value is -2.70. The molecule has 2 amide bonds. The SMILES string of the molecule is CC(C)n1nc(C(=O)N2CCN(C(=O)C(C)(C)C)CC2)c2ccccc2c1=O. The maximum Gasteiger partial charge on any atom is 0.275 e. The van der Waals surface area contributed by atoms with Gasteiger partial charge in [0.15, 0.2) is 5.69 Å². The highest BCUT2D eigenvalue weighted by Gasteiger charge is 2.32. The minimum atomic E-state index is -0.434. The highest BCUT2D eigenvalue weighted by molar-refractivity contribution is 6.04. The van der Waals surface area contributed by atoms with Gasteiger partial charge in [0.1, 0.15) is 0 Å². The third-order valence-corrected chi connectivity index (χ3v) is 5.02. The number of carbonyl (C=O) groups excluding carboxylic acids is 2. The van der Waals surface area contributed by atoms with Crippen LogP contribution >= 0.6 is 0 Å². The van der Waals surface area contributed by atoms with Gasteiger partial charge in [-0.3, -0.25) is 14.4 Å². The van der Waals surface area contributed by atoms with Crippen LogP contribution in [0, 0.1) is 5.41 Å². The van der Waals surface area contributed by atoms with Crippen molar-refractivity contribution in [2.45, 2.75) is 40.7 Å². The molecular weight excluding hydrogens is 356 g/mol. The zero-order chi connectivity index (χ0) is 20.6. The zero-order valence-electron chi connectivity index (χ0n) is 17.2. The highest BCUT2D eigenvalue weighted by Crippen LogP contribution is 2.21. The highest BCUT2D eigenvalue weighted by atomic mass is 16.2. The van der Waals surface area contributed by atoms with Gasteiger partial charge >= 0.3 is 0 Å². The Morgan fingerprint density at radius 2 is 1.50 bits per heavy atom. The molecule has 1 aliphatic rings. The maximum absolute atomic E-state index is 13.2. The second kappa shape index (κ2) is 7.37. The summed E-state index contributed by atoms with van der Waals surface area (Å²) in [5.41, 5.74) is -0.335. The number of amides is 2. The molecule has 3 rings (SSSR count). The summed E-state index contributed by atoms with van der Waals surface area (Å²) in [7, 11) is 0. The summed E-state index contributed by atoms with van der Waals surface area (Å²) < 4.78 is 1.37. The van der Waals surface area contributed by atoms with Crippen LogP contribution in [0.1, 0.15) is 51.1 Å². The van der Waals surface area contributed by atoms with E-state index in [2.05, 4.69) is 5.10 Å². The number of fused-ring (bicyclic) bond motifs is 1. The van der Waals surface area contributed by atoms with E-state index in [1.165, 1.54) is 4.68 Å². The molecule has 0 radical (unpaired) electrons. The minimum Gasteiger partial charge on any atom is -0.339 e. The third kappa shape index (κ3) is 3.66. The first-order valence-corrected chi connectivity index (χ1v) is 9.71. The molecule has 1 aromatic heterocycles. The van der Waals surface area contributed by atoms with Crippen LogP contribution in [-0.4, -0.2) is 57.6 Å². The number of benzene rings is 1. The largest absolute Gasteiger partial charge is 0.339 e. The molecule has 150 valence electrons. The number of hydrogen-bond acceptors (Lipinski definition) is 4.